The molecule has 25 heavy (non-hydrogen) atoms. The summed E-state index contributed by atoms with van der Waals surface area (Å²) in [6, 6.07) is 20.8. The first-order chi connectivity index (χ1) is 12.3. The van der Waals surface area contributed by atoms with Gasteiger partial charge in [-0.3, -0.25) is 0 Å². The summed E-state index contributed by atoms with van der Waals surface area (Å²) >= 11 is 0. The summed E-state index contributed by atoms with van der Waals surface area (Å²) in [4.78, 5) is 2.28. The molecular weight excluding hydrogens is 312 g/mol. The average Bonchev–Trinajstić information content (AvgIpc) is 2.68. The Morgan fingerprint density at radius 2 is 1.48 bits per heavy atom. The van der Waals surface area contributed by atoms with Crippen molar-refractivity contribution in [3.8, 4) is 0 Å². The Balaban J connectivity index is 1.64. The Bertz CT molecular complexity index is 573. The largest absolute Gasteiger partial charge is 0.390 e. The van der Waals surface area contributed by atoms with Crippen molar-refractivity contribution in [3.05, 3.63) is 71.8 Å². The molecule has 134 valence electrons. The van der Waals surface area contributed by atoms with Gasteiger partial charge in [0.2, 0.25) is 0 Å². The standard InChI is InChI=1S/C21H28N2O2/c22-15-19(24)16-23-13-11-20(12-14-23)25-21(17-7-3-1-4-8-17)18-9-5-2-6-10-18/h1-10,19-21,24H,11-16,22H2. The molecule has 0 aliphatic carbocycles. The van der Waals surface area contributed by atoms with Gasteiger partial charge in [-0.15, -0.1) is 0 Å². The van der Waals surface area contributed by atoms with Crippen molar-refractivity contribution in [3.63, 3.8) is 0 Å². The lowest BCUT2D eigenvalue weighted by atomic mass is 10.00. The lowest BCUT2D eigenvalue weighted by Crippen LogP contribution is -2.43. The highest BCUT2D eigenvalue weighted by atomic mass is 16.5. The van der Waals surface area contributed by atoms with Gasteiger partial charge in [-0.1, -0.05) is 60.7 Å². The molecule has 4 heteroatoms. The van der Waals surface area contributed by atoms with Crippen LogP contribution in [0.15, 0.2) is 60.7 Å². The Labute approximate surface area is 150 Å². The van der Waals surface area contributed by atoms with E-state index < -0.39 is 6.10 Å². The third-order valence-corrected chi connectivity index (χ3v) is 4.81. The van der Waals surface area contributed by atoms with Crippen LogP contribution in [-0.4, -0.2) is 48.4 Å². The minimum atomic E-state index is -0.432. The van der Waals surface area contributed by atoms with Crippen LogP contribution in [0.5, 0.6) is 0 Å². The zero-order valence-electron chi connectivity index (χ0n) is 14.6. The monoisotopic (exact) mass is 340 g/mol. The second-order valence-electron chi connectivity index (χ2n) is 6.73. The van der Waals surface area contributed by atoms with Crippen LogP contribution < -0.4 is 5.73 Å². The topological polar surface area (TPSA) is 58.7 Å². The molecule has 0 aromatic heterocycles. The molecule has 0 bridgehead atoms. The highest BCUT2D eigenvalue weighted by molar-refractivity contribution is 5.30. The van der Waals surface area contributed by atoms with Gasteiger partial charge in [-0.2, -0.15) is 0 Å². The molecule has 1 atom stereocenters. The second-order valence-corrected chi connectivity index (χ2v) is 6.73. The fourth-order valence-corrected chi connectivity index (χ4v) is 3.40. The van der Waals surface area contributed by atoms with Crippen LogP contribution in [-0.2, 0) is 4.74 Å². The minimum absolute atomic E-state index is 0.0337. The number of piperidine rings is 1. The lowest BCUT2D eigenvalue weighted by Gasteiger charge is -2.35. The number of aliphatic hydroxyl groups excluding tert-OH is 1. The Kier molecular flexibility index (Phi) is 6.59. The summed E-state index contributed by atoms with van der Waals surface area (Å²) in [6.07, 6.45) is 1.73. The maximum Gasteiger partial charge on any atom is 0.108 e. The van der Waals surface area contributed by atoms with E-state index in [1.807, 2.05) is 12.1 Å². The third kappa shape index (κ3) is 5.13. The number of aliphatic hydroxyl groups is 1. The van der Waals surface area contributed by atoms with Crippen molar-refractivity contribution < 1.29 is 9.84 Å². The molecule has 3 N–H and O–H groups in total. The quantitative estimate of drug-likeness (QED) is 0.813. The highest BCUT2D eigenvalue weighted by Gasteiger charge is 2.25. The third-order valence-electron chi connectivity index (χ3n) is 4.81. The van der Waals surface area contributed by atoms with Crippen LogP contribution in [0.2, 0.25) is 0 Å². The summed E-state index contributed by atoms with van der Waals surface area (Å²) < 4.78 is 6.53. The number of benzene rings is 2. The smallest absolute Gasteiger partial charge is 0.108 e. The van der Waals surface area contributed by atoms with Gasteiger partial charge in [-0.25, -0.2) is 0 Å². The molecule has 0 saturated carbocycles. The van der Waals surface area contributed by atoms with Crippen molar-refractivity contribution in [1.29, 1.82) is 0 Å². The van der Waals surface area contributed by atoms with E-state index in [1.54, 1.807) is 0 Å². The number of nitrogens with zero attached hydrogens (tertiary/aromatic N) is 1. The van der Waals surface area contributed by atoms with Crippen molar-refractivity contribution in [2.45, 2.75) is 31.2 Å². The van der Waals surface area contributed by atoms with Crippen LogP contribution in [0.3, 0.4) is 0 Å². The molecule has 2 aromatic rings. The van der Waals surface area contributed by atoms with Gasteiger partial charge >= 0.3 is 0 Å². The zero-order chi connectivity index (χ0) is 17.5. The number of rotatable bonds is 7. The predicted molar refractivity (Wildman–Crippen MR) is 100 cm³/mol. The zero-order valence-corrected chi connectivity index (χ0v) is 14.6. The summed E-state index contributed by atoms with van der Waals surface area (Å²) in [7, 11) is 0. The van der Waals surface area contributed by atoms with Gasteiger partial charge in [0, 0.05) is 26.2 Å². The Morgan fingerprint density at radius 3 is 1.96 bits per heavy atom. The highest BCUT2D eigenvalue weighted by Crippen LogP contribution is 2.29. The fraction of sp³-hybridized carbons (Fsp3) is 0.429. The van der Waals surface area contributed by atoms with Crippen molar-refractivity contribution >= 4 is 0 Å². The number of nitrogens with two attached hydrogens (primary N) is 1. The average molecular weight is 340 g/mol. The normalized spacial score (nSPS) is 17.7. The van der Waals surface area contributed by atoms with E-state index in [1.165, 1.54) is 11.1 Å². The van der Waals surface area contributed by atoms with Crippen molar-refractivity contribution in [2.24, 2.45) is 5.73 Å². The minimum Gasteiger partial charge on any atom is -0.390 e. The molecule has 1 fully saturated rings. The SMILES string of the molecule is NCC(O)CN1CCC(OC(c2ccccc2)c2ccccc2)CC1. The van der Waals surface area contributed by atoms with E-state index in [-0.39, 0.29) is 12.2 Å². The molecule has 0 spiro atoms. The van der Waals surface area contributed by atoms with E-state index >= 15 is 0 Å². The van der Waals surface area contributed by atoms with E-state index in [0.717, 1.165) is 25.9 Å². The van der Waals surface area contributed by atoms with Gasteiger partial charge < -0.3 is 20.5 Å². The lowest BCUT2D eigenvalue weighted by molar-refractivity contribution is -0.0320. The maximum atomic E-state index is 9.72. The summed E-state index contributed by atoms with van der Waals surface area (Å²) in [5.74, 6) is 0. The summed E-state index contributed by atoms with van der Waals surface area (Å²) in [5, 5.41) is 9.72. The Hall–Kier alpha value is -1.72. The number of likely N-dealkylation sites (tertiary alicyclic amines) is 1. The van der Waals surface area contributed by atoms with Gasteiger partial charge in [0.25, 0.3) is 0 Å². The molecule has 0 amide bonds. The first-order valence-electron chi connectivity index (χ1n) is 9.12. The van der Waals surface area contributed by atoms with Gasteiger partial charge in [0.1, 0.15) is 6.10 Å². The second kappa shape index (κ2) is 9.11. The van der Waals surface area contributed by atoms with Crippen LogP contribution in [0.25, 0.3) is 0 Å². The predicted octanol–water partition coefficient (Wildman–Crippen LogP) is 2.58. The summed E-state index contributed by atoms with van der Waals surface area (Å²) in [6.45, 7) is 2.86. The molecule has 0 radical (unpaired) electrons. The van der Waals surface area contributed by atoms with Crippen molar-refractivity contribution in [1.82, 2.24) is 4.90 Å². The molecule has 1 saturated heterocycles. The van der Waals surface area contributed by atoms with Crippen LogP contribution in [0, 0.1) is 0 Å². The van der Waals surface area contributed by atoms with Crippen LogP contribution in [0.1, 0.15) is 30.1 Å². The van der Waals surface area contributed by atoms with Crippen LogP contribution in [0.4, 0.5) is 0 Å². The van der Waals surface area contributed by atoms with E-state index in [9.17, 15) is 5.11 Å². The number of β-amino-alcohol motifs (C(OH)–C–C–N with tert-alkyl or cyclic N) is 1. The van der Waals surface area contributed by atoms with Crippen molar-refractivity contribution in [2.75, 3.05) is 26.2 Å². The Morgan fingerprint density at radius 1 is 0.960 bits per heavy atom. The molecule has 4 nitrogen and oxygen atoms in total. The van der Waals surface area contributed by atoms with Gasteiger partial charge in [0.15, 0.2) is 0 Å². The molecule has 1 aliphatic heterocycles. The molecule has 1 unspecified atom stereocenters. The summed E-state index contributed by atoms with van der Waals surface area (Å²) in [5.41, 5.74) is 7.89. The van der Waals surface area contributed by atoms with E-state index in [4.69, 9.17) is 10.5 Å². The van der Waals surface area contributed by atoms with E-state index in [2.05, 4.69) is 53.4 Å². The van der Waals surface area contributed by atoms with Gasteiger partial charge in [-0.05, 0) is 24.0 Å². The van der Waals surface area contributed by atoms with Gasteiger partial charge in [0.05, 0.1) is 12.2 Å². The molecule has 1 heterocycles. The number of hydrogen-bond acceptors (Lipinski definition) is 4. The molecule has 3 rings (SSSR count). The molecule has 2 aromatic carbocycles. The molecular formula is C21H28N2O2. The first-order valence-corrected chi connectivity index (χ1v) is 9.12. The fourth-order valence-electron chi connectivity index (χ4n) is 3.40. The first kappa shape index (κ1) is 18.1. The maximum absolute atomic E-state index is 9.72. The number of hydrogen-bond donors (Lipinski definition) is 2. The molecule has 1 aliphatic rings. The number of ether oxygens (including phenoxy) is 1. The van der Waals surface area contributed by atoms with E-state index in [0.29, 0.717) is 13.1 Å². The van der Waals surface area contributed by atoms with Crippen LogP contribution >= 0.6 is 0 Å².